The number of anilines is 1. The maximum atomic E-state index is 12.2. The highest BCUT2D eigenvalue weighted by atomic mass is 16.5. The number of ether oxygens (including phenoxy) is 1. The van der Waals surface area contributed by atoms with Gasteiger partial charge in [-0.25, -0.2) is 4.98 Å². The Morgan fingerprint density at radius 1 is 0.917 bits per heavy atom. The number of hydrogen-bond acceptors (Lipinski definition) is 3. The Balaban J connectivity index is 1.63. The van der Waals surface area contributed by atoms with Crippen molar-refractivity contribution in [2.45, 2.75) is 12.8 Å². The van der Waals surface area contributed by atoms with E-state index in [1.54, 1.807) is 18.3 Å². The Morgan fingerprint density at radius 2 is 1.62 bits per heavy atom. The lowest BCUT2D eigenvalue weighted by molar-refractivity contribution is -0.116. The third-order valence-electron chi connectivity index (χ3n) is 3.49. The molecule has 2 aromatic carbocycles. The van der Waals surface area contributed by atoms with Crippen LogP contribution in [-0.4, -0.2) is 10.9 Å². The molecule has 0 saturated heterocycles. The summed E-state index contributed by atoms with van der Waals surface area (Å²) in [6, 6.07) is 22.9. The Hall–Kier alpha value is -3.14. The van der Waals surface area contributed by atoms with Crippen LogP contribution in [-0.2, 0) is 11.2 Å². The molecule has 4 nitrogen and oxygen atoms in total. The molecule has 1 N–H and O–H groups in total. The van der Waals surface area contributed by atoms with E-state index in [1.807, 2.05) is 60.7 Å². The summed E-state index contributed by atoms with van der Waals surface area (Å²) in [5, 5.41) is 2.87. The first-order chi connectivity index (χ1) is 11.8. The summed E-state index contributed by atoms with van der Waals surface area (Å²) in [7, 11) is 0. The van der Waals surface area contributed by atoms with Gasteiger partial charge in [0.2, 0.25) is 11.8 Å². The molecule has 0 atom stereocenters. The Kier molecular flexibility index (Phi) is 5.20. The summed E-state index contributed by atoms with van der Waals surface area (Å²) in [6.45, 7) is 0. The number of nitrogens with zero attached hydrogens (tertiary/aromatic N) is 1. The van der Waals surface area contributed by atoms with Crippen LogP contribution in [0.1, 0.15) is 12.0 Å². The highest BCUT2D eigenvalue weighted by molar-refractivity contribution is 5.92. The molecule has 0 aliphatic carbocycles. The van der Waals surface area contributed by atoms with Crippen molar-refractivity contribution in [1.29, 1.82) is 0 Å². The Morgan fingerprint density at radius 3 is 2.38 bits per heavy atom. The van der Waals surface area contributed by atoms with Gasteiger partial charge in [-0.2, -0.15) is 0 Å². The summed E-state index contributed by atoms with van der Waals surface area (Å²) in [6.07, 6.45) is 2.74. The minimum absolute atomic E-state index is 0.0650. The summed E-state index contributed by atoms with van der Waals surface area (Å²) in [5.74, 6) is 0.998. The van der Waals surface area contributed by atoms with Crippen LogP contribution in [0.25, 0.3) is 0 Å². The highest BCUT2D eigenvalue weighted by Crippen LogP contribution is 2.26. The monoisotopic (exact) mass is 318 g/mol. The molecule has 1 heterocycles. The van der Waals surface area contributed by atoms with Crippen molar-refractivity contribution in [1.82, 2.24) is 4.98 Å². The number of nitrogens with one attached hydrogen (secondary N) is 1. The van der Waals surface area contributed by atoms with Gasteiger partial charge in [0.25, 0.3) is 0 Å². The molecule has 24 heavy (non-hydrogen) atoms. The van der Waals surface area contributed by atoms with E-state index < -0.39 is 0 Å². The number of benzene rings is 2. The van der Waals surface area contributed by atoms with Crippen LogP contribution in [0.2, 0.25) is 0 Å². The zero-order valence-corrected chi connectivity index (χ0v) is 13.2. The number of amides is 1. The predicted octanol–water partition coefficient (Wildman–Crippen LogP) is 4.45. The number of rotatable bonds is 6. The highest BCUT2D eigenvalue weighted by Gasteiger charge is 2.10. The molecule has 0 saturated carbocycles. The number of aryl methyl sites for hydroxylation is 1. The van der Waals surface area contributed by atoms with Gasteiger partial charge in [0, 0.05) is 12.6 Å². The average Bonchev–Trinajstić information content (AvgIpc) is 2.63. The van der Waals surface area contributed by atoms with E-state index in [2.05, 4.69) is 10.3 Å². The molecular formula is C20H18N2O2. The first-order valence-electron chi connectivity index (χ1n) is 7.83. The van der Waals surface area contributed by atoms with E-state index in [1.165, 1.54) is 0 Å². The molecule has 0 radical (unpaired) electrons. The van der Waals surface area contributed by atoms with E-state index >= 15 is 0 Å². The minimum atomic E-state index is -0.0650. The van der Waals surface area contributed by atoms with E-state index in [-0.39, 0.29) is 5.91 Å². The normalized spacial score (nSPS) is 10.2. The molecule has 0 spiro atoms. The fraction of sp³-hybridized carbons (Fsp3) is 0.100. The van der Waals surface area contributed by atoms with Gasteiger partial charge in [-0.1, -0.05) is 48.5 Å². The van der Waals surface area contributed by atoms with Crippen molar-refractivity contribution in [3.05, 3.63) is 84.6 Å². The van der Waals surface area contributed by atoms with E-state index in [0.29, 0.717) is 30.2 Å². The van der Waals surface area contributed by atoms with Crippen LogP contribution in [0.5, 0.6) is 11.6 Å². The third kappa shape index (κ3) is 4.43. The second kappa shape index (κ2) is 7.92. The molecule has 4 heteroatoms. The number of pyridine rings is 1. The first kappa shape index (κ1) is 15.7. The van der Waals surface area contributed by atoms with Crippen LogP contribution in [0, 0.1) is 0 Å². The Labute approximate surface area is 141 Å². The summed E-state index contributed by atoms with van der Waals surface area (Å²) < 4.78 is 5.75. The lowest BCUT2D eigenvalue weighted by Gasteiger charge is -2.11. The van der Waals surface area contributed by atoms with Gasteiger partial charge in [0.05, 0.1) is 0 Å². The minimum Gasteiger partial charge on any atom is -0.437 e. The average molecular weight is 318 g/mol. The number of para-hydroxylation sites is 1. The molecule has 3 rings (SSSR count). The van der Waals surface area contributed by atoms with Gasteiger partial charge in [-0.15, -0.1) is 0 Å². The molecule has 1 aromatic heterocycles. The summed E-state index contributed by atoms with van der Waals surface area (Å²) >= 11 is 0. The van der Waals surface area contributed by atoms with Crippen molar-refractivity contribution in [2.75, 3.05) is 5.32 Å². The molecule has 3 aromatic rings. The molecule has 1 amide bonds. The summed E-state index contributed by atoms with van der Waals surface area (Å²) in [5.41, 5.74) is 1.71. The third-order valence-corrected chi connectivity index (χ3v) is 3.49. The second-order valence-electron chi connectivity index (χ2n) is 5.31. The molecule has 120 valence electrons. The fourth-order valence-electron chi connectivity index (χ4n) is 2.28. The topological polar surface area (TPSA) is 51.2 Å². The molecule has 0 aliphatic heterocycles. The maximum Gasteiger partial charge on any atom is 0.243 e. The van der Waals surface area contributed by atoms with Crippen LogP contribution in [0.15, 0.2) is 79.0 Å². The van der Waals surface area contributed by atoms with Crippen molar-refractivity contribution in [3.63, 3.8) is 0 Å². The van der Waals surface area contributed by atoms with Gasteiger partial charge < -0.3 is 10.1 Å². The number of carbonyl (C=O) groups excluding carboxylic acids is 1. The van der Waals surface area contributed by atoms with Crippen LogP contribution in [0.4, 0.5) is 5.69 Å². The van der Waals surface area contributed by atoms with E-state index in [9.17, 15) is 4.79 Å². The molecule has 0 unspecified atom stereocenters. The predicted molar refractivity (Wildman–Crippen MR) is 94.1 cm³/mol. The van der Waals surface area contributed by atoms with Crippen molar-refractivity contribution < 1.29 is 9.53 Å². The lowest BCUT2D eigenvalue weighted by atomic mass is 10.1. The largest absolute Gasteiger partial charge is 0.437 e. The number of aromatic nitrogens is 1. The van der Waals surface area contributed by atoms with Gasteiger partial charge in [-0.3, -0.25) is 4.79 Å². The van der Waals surface area contributed by atoms with Gasteiger partial charge in [0.15, 0.2) is 0 Å². The van der Waals surface area contributed by atoms with Gasteiger partial charge >= 0.3 is 0 Å². The van der Waals surface area contributed by atoms with E-state index in [0.717, 1.165) is 5.56 Å². The van der Waals surface area contributed by atoms with Gasteiger partial charge in [-0.05, 0) is 36.2 Å². The van der Waals surface area contributed by atoms with Crippen LogP contribution >= 0.6 is 0 Å². The van der Waals surface area contributed by atoms with Crippen LogP contribution in [0.3, 0.4) is 0 Å². The number of hydrogen-bond donors (Lipinski definition) is 1. The van der Waals surface area contributed by atoms with Crippen molar-refractivity contribution in [2.24, 2.45) is 0 Å². The standard InChI is InChI=1S/C20H18N2O2/c23-19(14-13-16-8-3-1-4-9-16)22-18-12-7-15-21-20(18)24-17-10-5-2-6-11-17/h1-12,15H,13-14H2,(H,22,23). The quantitative estimate of drug-likeness (QED) is 0.731. The number of carbonyl (C=O) groups is 1. The molecular weight excluding hydrogens is 300 g/mol. The molecule has 0 aliphatic rings. The SMILES string of the molecule is O=C(CCc1ccccc1)Nc1cccnc1Oc1ccccc1. The van der Waals surface area contributed by atoms with Gasteiger partial charge in [0.1, 0.15) is 11.4 Å². The van der Waals surface area contributed by atoms with Crippen molar-refractivity contribution in [3.8, 4) is 11.6 Å². The molecule has 0 bridgehead atoms. The second-order valence-corrected chi connectivity index (χ2v) is 5.31. The first-order valence-corrected chi connectivity index (χ1v) is 7.83. The van der Waals surface area contributed by atoms with E-state index in [4.69, 9.17) is 4.74 Å². The zero-order chi connectivity index (χ0) is 16.6. The smallest absolute Gasteiger partial charge is 0.243 e. The van der Waals surface area contributed by atoms with Crippen LogP contribution < -0.4 is 10.1 Å². The zero-order valence-electron chi connectivity index (χ0n) is 13.2. The Bertz CT molecular complexity index is 789. The fourth-order valence-corrected chi connectivity index (χ4v) is 2.28. The molecule has 0 fully saturated rings. The lowest BCUT2D eigenvalue weighted by Crippen LogP contribution is -2.13. The van der Waals surface area contributed by atoms with Crippen molar-refractivity contribution >= 4 is 11.6 Å². The summed E-state index contributed by atoms with van der Waals surface area (Å²) in [4.78, 5) is 16.4. The maximum absolute atomic E-state index is 12.2.